The van der Waals surface area contributed by atoms with Gasteiger partial charge < -0.3 is 9.84 Å². The molecule has 6 heteroatoms. The third-order valence-corrected chi connectivity index (χ3v) is 4.03. The fourth-order valence-electron chi connectivity index (χ4n) is 2.13. The first kappa shape index (κ1) is 13.1. The molecule has 1 atom stereocenters. The van der Waals surface area contributed by atoms with Crippen molar-refractivity contribution in [3.05, 3.63) is 41.5 Å². The Hall–Kier alpha value is -1.92. The van der Waals surface area contributed by atoms with Crippen LogP contribution in [0.5, 0.6) is 0 Å². The minimum atomic E-state index is -0.563. The maximum atomic E-state index is 14.2. The van der Waals surface area contributed by atoms with E-state index < -0.39 is 12.2 Å². The average Bonchev–Trinajstić information content (AvgIpc) is 3.07. The first-order valence-corrected chi connectivity index (χ1v) is 6.99. The molecule has 0 spiro atoms. The molecule has 1 saturated heterocycles. The van der Waals surface area contributed by atoms with Gasteiger partial charge >= 0.3 is 6.09 Å². The number of rotatable bonds is 3. The van der Waals surface area contributed by atoms with E-state index in [9.17, 15) is 9.18 Å². The Morgan fingerprint density at radius 2 is 2.30 bits per heavy atom. The normalized spacial score (nSPS) is 18.4. The Morgan fingerprint density at radius 3 is 2.90 bits per heavy atom. The molecule has 1 amide bonds. The van der Waals surface area contributed by atoms with Crippen LogP contribution in [0.4, 0.5) is 14.9 Å². The molecule has 0 aliphatic carbocycles. The quantitative estimate of drug-likeness (QED) is 0.946. The Bertz CT molecular complexity index is 629. The highest BCUT2D eigenvalue weighted by Crippen LogP contribution is 2.31. The molecule has 0 unspecified atom stereocenters. The smallest absolute Gasteiger partial charge is 0.414 e. The summed E-state index contributed by atoms with van der Waals surface area (Å²) in [5, 5.41) is 10.9. The van der Waals surface area contributed by atoms with Gasteiger partial charge in [0, 0.05) is 10.4 Å². The monoisotopic (exact) mass is 293 g/mol. The van der Waals surface area contributed by atoms with Gasteiger partial charge in [-0.15, -0.1) is 11.3 Å². The largest absolute Gasteiger partial charge is 0.441 e. The Labute approximate surface area is 119 Å². The van der Waals surface area contributed by atoms with Crippen LogP contribution in [0.2, 0.25) is 0 Å². The molecule has 0 saturated carbocycles. The summed E-state index contributed by atoms with van der Waals surface area (Å²) in [4.78, 5) is 13.8. The molecule has 104 valence electrons. The van der Waals surface area contributed by atoms with Gasteiger partial charge in [0.1, 0.15) is 11.9 Å². The number of ether oxygens (including phenoxy) is 1. The highest BCUT2D eigenvalue weighted by atomic mass is 32.1. The van der Waals surface area contributed by atoms with Crippen molar-refractivity contribution in [1.29, 1.82) is 0 Å². The highest BCUT2D eigenvalue weighted by molar-refractivity contribution is 7.13. The van der Waals surface area contributed by atoms with Gasteiger partial charge in [0.25, 0.3) is 0 Å². The summed E-state index contributed by atoms with van der Waals surface area (Å²) in [7, 11) is 0. The number of hydrogen-bond donors (Lipinski definition) is 1. The van der Waals surface area contributed by atoms with Crippen molar-refractivity contribution < 1.29 is 19.0 Å². The van der Waals surface area contributed by atoms with Crippen LogP contribution in [-0.2, 0) is 4.74 Å². The fourth-order valence-corrected chi connectivity index (χ4v) is 2.88. The van der Waals surface area contributed by atoms with Gasteiger partial charge in [-0.25, -0.2) is 9.18 Å². The number of aliphatic hydroxyl groups is 1. The summed E-state index contributed by atoms with van der Waals surface area (Å²) in [5.74, 6) is -0.384. The second-order valence-electron chi connectivity index (χ2n) is 4.44. The summed E-state index contributed by atoms with van der Waals surface area (Å²) in [6, 6.07) is 8.34. The van der Waals surface area contributed by atoms with Crippen molar-refractivity contribution in [1.82, 2.24) is 0 Å². The number of carbonyl (C=O) groups is 1. The lowest BCUT2D eigenvalue weighted by Crippen LogP contribution is -2.25. The van der Waals surface area contributed by atoms with E-state index >= 15 is 0 Å². The molecule has 1 aliphatic heterocycles. The Morgan fingerprint density at radius 1 is 1.45 bits per heavy atom. The van der Waals surface area contributed by atoms with Gasteiger partial charge in [-0.3, -0.25) is 4.90 Å². The van der Waals surface area contributed by atoms with E-state index in [2.05, 4.69) is 0 Å². The first-order chi connectivity index (χ1) is 9.69. The summed E-state index contributed by atoms with van der Waals surface area (Å²) in [6.07, 6.45) is -1.12. The Kier molecular flexibility index (Phi) is 3.42. The number of cyclic esters (lactones) is 1. The van der Waals surface area contributed by atoms with Gasteiger partial charge in [-0.1, -0.05) is 6.07 Å². The molecule has 0 radical (unpaired) electrons. The van der Waals surface area contributed by atoms with Gasteiger partial charge in [0.2, 0.25) is 0 Å². The molecule has 3 rings (SSSR count). The van der Waals surface area contributed by atoms with E-state index in [-0.39, 0.29) is 19.0 Å². The third kappa shape index (κ3) is 2.28. The number of benzene rings is 1. The Balaban J connectivity index is 1.89. The average molecular weight is 293 g/mol. The van der Waals surface area contributed by atoms with Crippen molar-refractivity contribution in [2.45, 2.75) is 6.10 Å². The van der Waals surface area contributed by atoms with E-state index in [4.69, 9.17) is 9.84 Å². The molecule has 1 aromatic carbocycles. The molecule has 4 nitrogen and oxygen atoms in total. The van der Waals surface area contributed by atoms with Crippen LogP contribution in [0, 0.1) is 5.82 Å². The summed E-state index contributed by atoms with van der Waals surface area (Å²) in [6.45, 7) is -0.00881. The van der Waals surface area contributed by atoms with E-state index in [0.717, 1.165) is 4.88 Å². The topological polar surface area (TPSA) is 49.8 Å². The number of aliphatic hydroxyl groups excluding tert-OH is 1. The zero-order valence-electron chi connectivity index (χ0n) is 10.5. The zero-order valence-corrected chi connectivity index (χ0v) is 11.3. The molecule has 1 aliphatic rings. The lowest BCUT2D eigenvalue weighted by Gasteiger charge is -2.13. The third-order valence-electron chi connectivity index (χ3n) is 3.13. The maximum absolute atomic E-state index is 14.2. The number of nitrogens with zero attached hydrogens (tertiary/aromatic N) is 1. The van der Waals surface area contributed by atoms with Crippen LogP contribution in [-0.4, -0.2) is 30.5 Å². The van der Waals surface area contributed by atoms with Crippen LogP contribution in [0.3, 0.4) is 0 Å². The van der Waals surface area contributed by atoms with E-state index in [0.29, 0.717) is 11.3 Å². The predicted molar refractivity (Wildman–Crippen MR) is 74.4 cm³/mol. The summed E-state index contributed by atoms with van der Waals surface area (Å²) in [5.41, 5.74) is 0.943. The lowest BCUT2D eigenvalue weighted by molar-refractivity contribution is 0.0963. The lowest BCUT2D eigenvalue weighted by atomic mass is 10.1. The van der Waals surface area contributed by atoms with Crippen LogP contribution in [0.25, 0.3) is 10.4 Å². The molecular weight excluding hydrogens is 281 g/mol. The molecule has 1 N–H and O–H groups in total. The van der Waals surface area contributed by atoms with E-state index in [1.54, 1.807) is 12.1 Å². The van der Waals surface area contributed by atoms with Crippen LogP contribution in [0.15, 0.2) is 35.7 Å². The van der Waals surface area contributed by atoms with Crippen LogP contribution >= 0.6 is 11.3 Å². The predicted octanol–water partition coefficient (Wildman–Crippen LogP) is 2.87. The second kappa shape index (κ2) is 5.22. The summed E-state index contributed by atoms with van der Waals surface area (Å²) < 4.78 is 19.1. The molecule has 0 bridgehead atoms. The SMILES string of the molecule is O=C1O[C@@H](CO)CN1c1ccc(-c2cccs2)c(F)c1. The minimum absolute atomic E-state index is 0.229. The molecular formula is C14H12FNO3S. The number of amides is 1. The highest BCUT2D eigenvalue weighted by Gasteiger charge is 2.32. The maximum Gasteiger partial charge on any atom is 0.414 e. The second-order valence-corrected chi connectivity index (χ2v) is 5.39. The number of hydrogen-bond acceptors (Lipinski definition) is 4. The fraction of sp³-hybridized carbons (Fsp3) is 0.214. The van der Waals surface area contributed by atoms with Crippen molar-refractivity contribution in [3.8, 4) is 10.4 Å². The van der Waals surface area contributed by atoms with Crippen molar-refractivity contribution >= 4 is 23.1 Å². The minimum Gasteiger partial charge on any atom is -0.441 e. The molecule has 1 aromatic heterocycles. The number of halogens is 1. The summed E-state index contributed by atoms with van der Waals surface area (Å²) >= 11 is 1.45. The van der Waals surface area contributed by atoms with Gasteiger partial charge in [0.15, 0.2) is 0 Å². The van der Waals surface area contributed by atoms with E-state index in [1.165, 1.54) is 22.3 Å². The number of thiophene rings is 1. The molecule has 1 fully saturated rings. The van der Waals surface area contributed by atoms with Gasteiger partial charge in [0.05, 0.1) is 18.8 Å². The van der Waals surface area contributed by atoms with Crippen LogP contribution < -0.4 is 4.90 Å². The van der Waals surface area contributed by atoms with Crippen LogP contribution in [0.1, 0.15) is 0 Å². The molecule has 20 heavy (non-hydrogen) atoms. The van der Waals surface area contributed by atoms with Crippen molar-refractivity contribution in [3.63, 3.8) is 0 Å². The zero-order chi connectivity index (χ0) is 14.1. The van der Waals surface area contributed by atoms with Gasteiger partial charge in [-0.05, 0) is 29.6 Å². The van der Waals surface area contributed by atoms with Crippen molar-refractivity contribution in [2.24, 2.45) is 0 Å². The molecule has 2 aromatic rings. The molecule has 2 heterocycles. The van der Waals surface area contributed by atoms with Crippen molar-refractivity contribution in [2.75, 3.05) is 18.1 Å². The van der Waals surface area contributed by atoms with Gasteiger partial charge in [-0.2, -0.15) is 0 Å². The first-order valence-electron chi connectivity index (χ1n) is 6.11. The standard InChI is InChI=1S/C14H12FNO3S/c15-12-6-9(16-7-10(8-17)19-14(16)18)3-4-11(12)13-2-1-5-20-13/h1-6,10,17H,7-8H2/t10-/m1/s1. The number of carbonyl (C=O) groups excluding carboxylic acids is 1. The number of anilines is 1. The van der Waals surface area contributed by atoms with E-state index in [1.807, 2.05) is 17.5 Å².